The van der Waals surface area contributed by atoms with E-state index in [0.29, 0.717) is 29.5 Å². The first kappa shape index (κ1) is 12.2. The van der Waals surface area contributed by atoms with Gasteiger partial charge in [-0.1, -0.05) is 13.8 Å². The Morgan fingerprint density at radius 3 is 2.83 bits per heavy atom. The van der Waals surface area contributed by atoms with E-state index in [2.05, 4.69) is 25.2 Å². The van der Waals surface area contributed by atoms with Crippen LogP contribution in [0, 0.1) is 46.8 Å². The van der Waals surface area contributed by atoms with Crippen molar-refractivity contribution in [2.24, 2.45) is 35.5 Å². The van der Waals surface area contributed by atoms with Gasteiger partial charge < -0.3 is 5.32 Å². The zero-order valence-corrected chi connectivity index (χ0v) is 11.2. The van der Waals surface area contributed by atoms with Crippen molar-refractivity contribution < 1.29 is 4.79 Å². The summed E-state index contributed by atoms with van der Waals surface area (Å²) in [7, 11) is 0. The van der Waals surface area contributed by atoms with Gasteiger partial charge in [0.25, 0.3) is 0 Å². The first-order valence-electron chi connectivity index (χ1n) is 7.30. The summed E-state index contributed by atoms with van der Waals surface area (Å²) in [6.45, 7) is 5.36. The van der Waals surface area contributed by atoms with E-state index >= 15 is 0 Å². The molecule has 0 radical (unpaired) electrons. The number of rotatable bonds is 3. The smallest absolute Gasteiger partial charge is 0.154 e. The Morgan fingerprint density at radius 2 is 2.17 bits per heavy atom. The largest absolute Gasteiger partial charge is 0.307 e. The van der Waals surface area contributed by atoms with E-state index in [0.717, 1.165) is 19.4 Å². The van der Waals surface area contributed by atoms with Gasteiger partial charge in [0.05, 0.1) is 18.0 Å². The van der Waals surface area contributed by atoms with E-state index in [1.165, 1.54) is 6.42 Å². The minimum Gasteiger partial charge on any atom is -0.307 e. The molecule has 0 spiro atoms. The van der Waals surface area contributed by atoms with E-state index in [1.807, 2.05) is 0 Å². The van der Waals surface area contributed by atoms with Crippen LogP contribution in [-0.2, 0) is 4.79 Å². The summed E-state index contributed by atoms with van der Waals surface area (Å²) in [6, 6.07) is 2.39. The molecule has 0 aromatic carbocycles. The van der Waals surface area contributed by atoms with Crippen molar-refractivity contribution in [2.45, 2.75) is 39.2 Å². The maximum absolute atomic E-state index is 12.8. The first-order valence-corrected chi connectivity index (χ1v) is 7.30. The lowest BCUT2D eigenvalue weighted by atomic mass is 9.79. The third-order valence-electron chi connectivity index (χ3n) is 5.36. The highest BCUT2D eigenvalue weighted by Crippen LogP contribution is 2.58. The van der Waals surface area contributed by atoms with Crippen LogP contribution in [-0.4, -0.2) is 18.4 Å². The Labute approximate surface area is 109 Å². The van der Waals surface area contributed by atoms with Crippen LogP contribution in [0.4, 0.5) is 0 Å². The molecule has 3 heteroatoms. The number of fused-ring (bicyclic) bond motifs is 1. The highest BCUT2D eigenvalue weighted by molar-refractivity contribution is 5.88. The molecule has 18 heavy (non-hydrogen) atoms. The molecule has 2 aliphatic carbocycles. The molecule has 0 aromatic rings. The number of nitriles is 1. The third-order valence-corrected chi connectivity index (χ3v) is 5.36. The molecule has 1 aliphatic heterocycles. The van der Waals surface area contributed by atoms with Crippen molar-refractivity contribution in [1.82, 2.24) is 5.32 Å². The topological polar surface area (TPSA) is 52.9 Å². The monoisotopic (exact) mass is 246 g/mol. The lowest BCUT2D eigenvalue weighted by Gasteiger charge is -2.26. The summed E-state index contributed by atoms with van der Waals surface area (Å²) in [5.41, 5.74) is 0. The molecule has 2 saturated carbocycles. The standard InChI is InChI=1S/C15H22N2O/c1-8(2)11-3-4-17-14(11)15(18)13-10(7-16)5-9-6-12(9)13/h8-14,17H,3-6H2,1-2H3. The van der Waals surface area contributed by atoms with Crippen LogP contribution >= 0.6 is 0 Å². The fourth-order valence-corrected chi connectivity index (χ4v) is 4.26. The maximum Gasteiger partial charge on any atom is 0.154 e. The van der Waals surface area contributed by atoms with Crippen molar-refractivity contribution in [3.8, 4) is 6.07 Å². The van der Waals surface area contributed by atoms with E-state index in [1.54, 1.807) is 0 Å². The number of nitrogens with one attached hydrogen (secondary N) is 1. The summed E-state index contributed by atoms with van der Waals surface area (Å²) < 4.78 is 0. The van der Waals surface area contributed by atoms with Gasteiger partial charge in [0.1, 0.15) is 0 Å². The number of carbonyl (C=O) groups is 1. The second kappa shape index (κ2) is 4.35. The predicted octanol–water partition coefficient (Wildman–Crippen LogP) is 1.99. The van der Waals surface area contributed by atoms with Gasteiger partial charge in [-0.15, -0.1) is 0 Å². The summed E-state index contributed by atoms with van der Waals surface area (Å²) in [6.07, 6.45) is 3.26. The highest BCUT2D eigenvalue weighted by atomic mass is 16.1. The van der Waals surface area contributed by atoms with Crippen LogP contribution in [0.3, 0.4) is 0 Å². The Kier molecular flexibility index (Phi) is 2.94. The van der Waals surface area contributed by atoms with Crippen LogP contribution in [0.25, 0.3) is 0 Å². The molecular weight excluding hydrogens is 224 g/mol. The highest BCUT2D eigenvalue weighted by Gasteiger charge is 2.57. The second-order valence-corrected chi connectivity index (χ2v) is 6.69. The van der Waals surface area contributed by atoms with E-state index in [9.17, 15) is 10.1 Å². The predicted molar refractivity (Wildman–Crippen MR) is 68.5 cm³/mol. The summed E-state index contributed by atoms with van der Waals surface area (Å²) in [4.78, 5) is 12.8. The molecule has 3 fully saturated rings. The van der Waals surface area contributed by atoms with E-state index in [-0.39, 0.29) is 17.9 Å². The zero-order chi connectivity index (χ0) is 12.9. The fraction of sp³-hybridized carbons (Fsp3) is 0.867. The van der Waals surface area contributed by atoms with Gasteiger partial charge >= 0.3 is 0 Å². The normalized spacial score (nSPS) is 45.9. The molecule has 0 bridgehead atoms. The van der Waals surface area contributed by atoms with Crippen molar-refractivity contribution in [2.75, 3.05) is 6.54 Å². The molecule has 0 aromatic heterocycles. The lowest BCUT2D eigenvalue weighted by Crippen LogP contribution is -2.43. The lowest BCUT2D eigenvalue weighted by molar-refractivity contribution is -0.127. The van der Waals surface area contributed by atoms with Crippen LogP contribution < -0.4 is 5.32 Å². The first-order chi connectivity index (χ1) is 8.63. The minimum atomic E-state index is -0.00328. The number of Topliss-reactive ketones (excluding diaryl/α,β-unsaturated/α-hetero) is 1. The van der Waals surface area contributed by atoms with Gasteiger partial charge in [-0.25, -0.2) is 0 Å². The van der Waals surface area contributed by atoms with Crippen molar-refractivity contribution in [1.29, 1.82) is 5.26 Å². The van der Waals surface area contributed by atoms with Crippen LogP contribution in [0.1, 0.15) is 33.1 Å². The molecular formula is C15H22N2O. The van der Waals surface area contributed by atoms with Gasteiger partial charge in [0.2, 0.25) is 0 Å². The summed E-state index contributed by atoms with van der Waals surface area (Å²) in [5.74, 6) is 2.62. The zero-order valence-electron chi connectivity index (χ0n) is 11.2. The Balaban J connectivity index is 1.76. The Bertz CT molecular complexity index is 398. The molecule has 6 atom stereocenters. The second-order valence-electron chi connectivity index (χ2n) is 6.69. The number of ketones is 1. The summed E-state index contributed by atoms with van der Waals surface area (Å²) in [5, 5.41) is 12.6. The van der Waals surface area contributed by atoms with Gasteiger partial charge in [0.15, 0.2) is 5.78 Å². The molecule has 1 saturated heterocycles. The summed E-state index contributed by atoms with van der Waals surface area (Å²) >= 11 is 0. The molecule has 3 nitrogen and oxygen atoms in total. The number of carbonyl (C=O) groups excluding carboxylic acids is 1. The number of hydrogen-bond acceptors (Lipinski definition) is 3. The van der Waals surface area contributed by atoms with Gasteiger partial charge in [-0.2, -0.15) is 5.26 Å². The van der Waals surface area contributed by atoms with Gasteiger partial charge in [-0.05, 0) is 49.5 Å². The SMILES string of the molecule is CC(C)C1CCNC1C(=O)C1C(C#N)CC2CC21. The minimum absolute atomic E-state index is 0.00328. The average molecular weight is 246 g/mol. The van der Waals surface area contributed by atoms with Crippen LogP contribution in [0.15, 0.2) is 0 Å². The maximum atomic E-state index is 12.8. The molecule has 3 aliphatic rings. The average Bonchev–Trinajstić information content (AvgIpc) is 2.82. The molecule has 1 heterocycles. The van der Waals surface area contributed by atoms with Crippen molar-refractivity contribution >= 4 is 5.78 Å². The third kappa shape index (κ3) is 1.78. The fourth-order valence-electron chi connectivity index (χ4n) is 4.26. The van der Waals surface area contributed by atoms with Crippen molar-refractivity contribution in [3.05, 3.63) is 0 Å². The van der Waals surface area contributed by atoms with Crippen molar-refractivity contribution in [3.63, 3.8) is 0 Å². The number of nitrogens with zero attached hydrogens (tertiary/aromatic N) is 1. The molecule has 98 valence electrons. The van der Waals surface area contributed by atoms with E-state index < -0.39 is 0 Å². The number of hydrogen-bond donors (Lipinski definition) is 1. The molecule has 6 unspecified atom stereocenters. The van der Waals surface area contributed by atoms with E-state index in [4.69, 9.17) is 0 Å². The van der Waals surface area contributed by atoms with Gasteiger partial charge in [-0.3, -0.25) is 4.79 Å². The molecule has 3 rings (SSSR count). The van der Waals surface area contributed by atoms with Crippen LogP contribution in [0.2, 0.25) is 0 Å². The van der Waals surface area contributed by atoms with Crippen LogP contribution in [0.5, 0.6) is 0 Å². The molecule has 0 amide bonds. The molecule has 1 N–H and O–H groups in total. The quantitative estimate of drug-likeness (QED) is 0.828. The Morgan fingerprint density at radius 1 is 1.39 bits per heavy atom. The van der Waals surface area contributed by atoms with Gasteiger partial charge in [0, 0.05) is 5.92 Å². The Hall–Kier alpha value is -0.880.